The van der Waals surface area contributed by atoms with Crippen molar-refractivity contribution in [2.75, 3.05) is 6.61 Å². The molecule has 1 aromatic heterocycles. The molecule has 0 bridgehead atoms. The third kappa shape index (κ3) is 7.40. The minimum Gasteiger partial charge on any atom is -0.469 e. The number of rotatable bonds is 9. The molecule has 0 radical (unpaired) electrons. The molecule has 0 amide bonds. The number of ether oxygens (including phenoxy) is 1. The summed E-state index contributed by atoms with van der Waals surface area (Å²) in [7, 11) is 0. The van der Waals surface area contributed by atoms with Gasteiger partial charge >= 0.3 is 0 Å². The molecule has 1 heterocycles. The number of amidine groups is 1. The molecule has 0 saturated heterocycles. The Balaban J connectivity index is 1.89. The largest absolute Gasteiger partial charge is 0.469 e. The van der Waals surface area contributed by atoms with Crippen LogP contribution < -0.4 is 16.0 Å². The van der Waals surface area contributed by atoms with Crippen molar-refractivity contribution in [2.45, 2.75) is 46.3 Å². The van der Waals surface area contributed by atoms with Crippen molar-refractivity contribution < 1.29 is 18.4 Å². The molecule has 1 aromatic carbocycles. The Morgan fingerprint density at radius 3 is 2.43 bits per heavy atom. The van der Waals surface area contributed by atoms with Crippen LogP contribution in [0.5, 0.6) is 5.88 Å². The van der Waals surface area contributed by atoms with Gasteiger partial charge in [0.05, 0.1) is 5.71 Å². The van der Waals surface area contributed by atoms with Gasteiger partial charge in [0.15, 0.2) is 0 Å². The number of nitrogens with one attached hydrogen (secondary N) is 1. The van der Waals surface area contributed by atoms with Crippen LogP contribution in [0.1, 0.15) is 44.4 Å². The van der Waals surface area contributed by atoms with Crippen molar-refractivity contribution in [3.8, 4) is 5.88 Å². The Morgan fingerprint density at radius 2 is 1.90 bits per heavy atom. The highest BCUT2D eigenvalue weighted by atomic mass is 19.3. The van der Waals surface area contributed by atoms with E-state index in [0.717, 1.165) is 18.1 Å². The predicted molar refractivity (Wildman–Crippen MR) is 113 cm³/mol. The third-order valence-electron chi connectivity index (χ3n) is 3.99. The molecule has 162 valence electrons. The molecule has 2 aromatic rings. The average molecular weight is 419 g/mol. The minimum atomic E-state index is -2.86. The van der Waals surface area contributed by atoms with Crippen molar-refractivity contribution in [1.82, 2.24) is 10.4 Å². The molecular weight excluding hydrogens is 392 g/mol. The van der Waals surface area contributed by atoms with Gasteiger partial charge in [-0.25, -0.2) is 19.6 Å². The van der Waals surface area contributed by atoms with E-state index in [1.807, 2.05) is 13.8 Å². The van der Waals surface area contributed by atoms with Crippen molar-refractivity contribution in [1.29, 1.82) is 0 Å². The highest BCUT2D eigenvalue weighted by molar-refractivity contribution is 5.98. The lowest BCUT2D eigenvalue weighted by atomic mass is 10.1. The van der Waals surface area contributed by atoms with Crippen molar-refractivity contribution in [3.63, 3.8) is 0 Å². The summed E-state index contributed by atoms with van der Waals surface area (Å²) in [6.45, 7) is 6.87. The van der Waals surface area contributed by atoms with Crippen molar-refractivity contribution in [3.05, 3.63) is 59.3 Å². The normalized spacial score (nSPS) is 12.8. The summed E-state index contributed by atoms with van der Waals surface area (Å²) in [5, 5.41) is 4.05. The second-order valence-electron chi connectivity index (χ2n) is 7.02. The topological polar surface area (TPSA) is 94.1 Å². The van der Waals surface area contributed by atoms with E-state index in [1.54, 1.807) is 37.4 Å². The SMILES string of the molecule is C/C(=N\OCc1ccc(C(C)(F)F)cc1)c1ccc(OCC(=NC(C)C)NN)nc1. The Bertz CT molecular complexity index is 860. The van der Waals surface area contributed by atoms with Gasteiger partial charge in [0.1, 0.15) is 19.0 Å². The van der Waals surface area contributed by atoms with Crippen LogP contribution in [-0.4, -0.2) is 29.2 Å². The maximum absolute atomic E-state index is 13.2. The molecule has 0 aliphatic rings. The van der Waals surface area contributed by atoms with Crippen LogP contribution in [0.15, 0.2) is 52.7 Å². The fourth-order valence-corrected chi connectivity index (χ4v) is 2.40. The number of alkyl halides is 2. The van der Waals surface area contributed by atoms with Gasteiger partial charge in [0.2, 0.25) is 5.88 Å². The number of aromatic nitrogens is 1. The molecule has 0 aliphatic carbocycles. The first-order chi connectivity index (χ1) is 14.2. The molecule has 0 fully saturated rings. The summed E-state index contributed by atoms with van der Waals surface area (Å²) < 4.78 is 32.0. The smallest absolute Gasteiger partial charge is 0.270 e. The molecule has 0 atom stereocenters. The van der Waals surface area contributed by atoms with Gasteiger partial charge in [-0.2, -0.15) is 0 Å². The maximum Gasteiger partial charge on any atom is 0.270 e. The first-order valence-electron chi connectivity index (χ1n) is 9.45. The number of halogens is 2. The summed E-state index contributed by atoms with van der Waals surface area (Å²) in [5.74, 6) is 3.51. The van der Waals surface area contributed by atoms with E-state index in [2.05, 4.69) is 20.6 Å². The number of hydrogen-bond acceptors (Lipinski definition) is 6. The van der Waals surface area contributed by atoms with Gasteiger partial charge in [-0.15, -0.1) is 0 Å². The van der Waals surface area contributed by atoms with Crippen LogP contribution in [0.2, 0.25) is 0 Å². The van der Waals surface area contributed by atoms with Gasteiger partial charge in [-0.05, 0) is 32.4 Å². The molecule has 9 heteroatoms. The molecule has 0 aliphatic heterocycles. The van der Waals surface area contributed by atoms with E-state index in [0.29, 0.717) is 17.4 Å². The van der Waals surface area contributed by atoms with E-state index in [4.69, 9.17) is 15.4 Å². The Hall–Kier alpha value is -3.07. The van der Waals surface area contributed by atoms with Crippen LogP contribution in [0.25, 0.3) is 0 Å². The highest BCUT2D eigenvalue weighted by Gasteiger charge is 2.23. The number of nitrogens with zero attached hydrogens (tertiary/aromatic N) is 3. The third-order valence-corrected chi connectivity index (χ3v) is 3.99. The molecule has 3 N–H and O–H groups in total. The zero-order valence-corrected chi connectivity index (χ0v) is 17.5. The van der Waals surface area contributed by atoms with Gasteiger partial charge in [0, 0.05) is 36.4 Å². The minimum absolute atomic E-state index is 0.0378. The van der Waals surface area contributed by atoms with Crippen molar-refractivity contribution in [2.24, 2.45) is 16.0 Å². The molecule has 0 unspecified atom stereocenters. The number of oxime groups is 1. The van der Waals surface area contributed by atoms with Crippen LogP contribution in [-0.2, 0) is 17.4 Å². The summed E-state index contributed by atoms with van der Waals surface area (Å²) in [4.78, 5) is 13.8. The van der Waals surface area contributed by atoms with Gasteiger partial charge in [0.25, 0.3) is 5.92 Å². The van der Waals surface area contributed by atoms with Gasteiger partial charge in [-0.1, -0.05) is 29.4 Å². The number of aliphatic imine (C=N–C) groups is 1. The van der Waals surface area contributed by atoms with E-state index >= 15 is 0 Å². The number of pyridine rings is 1. The molecular formula is C21H27F2N5O2. The lowest BCUT2D eigenvalue weighted by Crippen LogP contribution is -2.35. The van der Waals surface area contributed by atoms with Crippen LogP contribution in [0, 0.1) is 0 Å². The molecule has 0 saturated carbocycles. The zero-order chi connectivity index (χ0) is 22.1. The summed E-state index contributed by atoms with van der Waals surface area (Å²) in [6.07, 6.45) is 1.62. The Labute approximate surface area is 175 Å². The van der Waals surface area contributed by atoms with Gasteiger partial charge in [-0.3, -0.25) is 4.99 Å². The van der Waals surface area contributed by atoms with E-state index in [1.165, 1.54) is 12.1 Å². The summed E-state index contributed by atoms with van der Waals surface area (Å²) in [6, 6.07) is 9.57. The molecule has 7 nitrogen and oxygen atoms in total. The van der Waals surface area contributed by atoms with E-state index in [-0.39, 0.29) is 24.8 Å². The maximum atomic E-state index is 13.2. The number of hydrogen-bond donors (Lipinski definition) is 2. The van der Waals surface area contributed by atoms with Crippen LogP contribution >= 0.6 is 0 Å². The Morgan fingerprint density at radius 1 is 1.20 bits per heavy atom. The fraction of sp³-hybridized carbons (Fsp3) is 0.381. The fourth-order valence-electron chi connectivity index (χ4n) is 2.40. The monoisotopic (exact) mass is 419 g/mol. The highest BCUT2D eigenvalue weighted by Crippen LogP contribution is 2.26. The lowest BCUT2D eigenvalue weighted by Gasteiger charge is -2.11. The average Bonchev–Trinajstić information content (AvgIpc) is 2.71. The zero-order valence-electron chi connectivity index (χ0n) is 17.5. The number of nitrogens with two attached hydrogens (primary N) is 1. The predicted octanol–water partition coefficient (Wildman–Crippen LogP) is 3.78. The van der Waals surface area contributed by atoms with Crippen LogP contribution in [0.4, 0.5) is 8.78 Å². The standard InChI is InChI=1S/C21H27F2N5O2/c1-14(2)26-19(27-24)13-29-20-10-7-17(11-25-20)15(3)28-30-12-16-5-8-18(9-6-16)21(4,22)23/h5-11,14H,12-13,24H2,1-4H3,(H,26,27)/b28-15+. The lowest BCUT2D eigenvalue weighted by molar-refractivity contribution is 0.0174. The second kappa shape index (κ2) is 10.6. The van der Waals surface area contributed by atoms with E-state index in [9.17, 15) is 8.78 Å². The number of hydrazine groups is 1. The first kappa shape index (κ1) is 23.2. The van der Waals surface area contributed by atoms with Crippen molar-refractivity contribution >= 4 is 11.5 Å². The van der Waals surface area contributed by atoms with Gasteiger partial charge < -0.3 is 15.0 Å². The Kier molecular flexibility index (Phi) is 8.23. The summed E-state index contributed by atoms with van der Waals surface area (Å²) in [5.41, 5.74) is 4.59. The number of benzene rings is 1. The molecule has 0 spiro atoms. The van der Waals surface area contributed by atoms with Crippen LogP contribution in [0.3, 0.4) is 0 Å². The second-order valence-corrected chi connectivity index (χ2v) is 7.02. The summed E-state index contributed by atoms with van der Waals surface area (Å²) >= 11 is 0. The molecule has 30 heavy (non-hydrogen) atoms. The quantitative estimate of drug-likeness (QED) is 0.279. The molecule has 2 rings (SSSR count). The van der Waals surface area contributed by atoms with E-state index < -0.39 is 5.92 Å². The first-order valence-corrected chi connectivity index (χ1v) is 9.45.